The first kappa shape index (κ1) is 15.1. The lowest BCUT2D eigenvalue weighted by atomic mass is 10.1. The standard InChI is InChI=1S/C13H23N3O4/c1-15-9-2-3-10(15)8-16(7-5-9)13(20)14-6-4-11(17)12(18)19/h9-11,17H,2-8H2,1H3,(H,14,20)(H,18,19)/t9?,10?,11-/m0/s1. The lowest BCUT2D eigenvalue weighted by molar-refractivity contribution is -0.146. The molecule has 114 valence electrons. The van der Waals surface area contributed by atoms with Crippen molar-refractivity contribution < 1.29 is 19.8 Å². The Morgan fingerprint density at radius 2 is 2.00 bits per heavy atom. The van der Waals surface area contributed by atoms with Crippen molar-refractivity contribution in [3.8, 4) is 0 Å². The molecular formula is C13H23N3O4. The van der Waals surface area contributed by atoms with Crippen LogP contribution in [0.1, 0.15) is 25.7 Å². The van der Waals surface area contributed by atoms with Crippen LogP contribution in [0.4, 0.5) is 4.79 Å². The molecule has 2 bridgehead atoms. The van der Waals surface area contributed by atoms with Crippen LogP contribution in [-0.2, 0) is 4.79 Å². The van der Waals surface area contributed by atoms with Crippen molar-refractivity contribution >= 4 is 12.0 Å². The van der Waals surface area contributed by atoms with Gasteiger partial charge in [-0.25, -0.2) is 9.59 Å². The highest BCUT2D eigenvalue weighted by Gasteiger charge is 2.35. The third-order valence-electron chi connectivity index (χ3n) is 4.41. The highest BCUT2D eigenvalue weighted by molar-refractivity contribution is 5.75. The van der Waals surface area contributed by atoms with Crippen LogP contribution in [0.25, 0.3) is 0 Å². The molecule has 7 nitrogen and oxygen atoms in total. The number of aliphatic hydroxyl groups excluding tert-OH is 1. The van der Waals surface area contributed by atoms with Crippen molar-refractivity contribution in [3.05, 3.63) is 0 Å². The number of hydrogen-bond acceptors (Lipinski definition) is 4. The highest BCUT2D eigenvalue weighted by Crippen LogP contribution is 2.28. The molecule has 0 spiro atoms. The van der Waals surface area contributed by atoms with Crippen molar-refractivity contribution in [1.29, 1.82) is 0 Å². The van der Waals surface area contributed by atoms with E-state index in [-0.39, 0.29) is 19.0 Å². The topological polar surface area (TPSA) is 93.1 Å². The van der Waals surface area contributed by atoms with E-state index in [1.54, 1.807) is 4.90 Å². The third kappa shape index (κ3) is 3.40. The average Bonchev–Trinajstić information content (AvgIpc) is 2.62. The molecule has 2 aliphatic heterocycles. The SMILES string of the molecule is CN1C2CCC1CN(C(=O)NCC[C@H](O)C(=O)O)CC2. The number of aliphatic carboxylic acids is 1. The number of nitrogens with one attached hydrogen (secondary N) is 1. The fourth-order valence-electron chi connectivity index (χ4n) is 3.04. The van der Waals surface area contributed by atoms with Gasteiger partial charge in [0.25, 0.3) is 0 Å². The number of carbonyl (C=O) groups is 2. The Bertz CT molecular complexity index is 377. The molecule has 2 fully saturated rings. The monoisotopic (exact) mass is 285 g/mol. The number of likely N-dealkylation sites (N-methyl/N-ethyl adjacent to an activating group) is 1. The summed E-state index contributed by atoms with van der Waals surface area (Å²) >= 11 is 0. The van der Waals surface area contributed by atoms with E-state index < -0.39 is 12.1 Å². The number of urea groups is 1. The zero-order chi connectivity index (χ0) is 14.7. The van der Waals surface area contributed by atoms with Gasteiger partial charge >= 0.3 is 12.0 Å². The minimum atomic E-state index is -1.42. The zero-order valence-electron chi connectivity index (χ0n) is 11.8. The van der Waals surface area contributed by atoms with Gasteiger partial charge in [0, 0.05) is 38.1 Å². The Kier molecular flexibility index (Phi) is 4.82. The van der Waals surface area contributed by atoms with Crippen LogP contribution in [-0.4, -0.2) is 76.9 Å². The molecule has 20 heavy (non-hydrogen) atoms. The first-order chi connectivity index (χ1) is 9.49. The van der Waals surface area contributed by atoms with Gasteiger partial charge < -0.3 is 20.4 Å². The van der Waals surface area contributed by atoms with Crippen molar-refractivity contribution in [1.82, 2.24) is 15.1 Å². The summed E-state index contributed by atoms with van der Waals surface area (Å²) in [5, 5.41) is 20.4. The van der Waals surface area contributed by atoms with E-state index in [2.05, 4.69) is 17.3 Å². The summed E-state index contributed by atoms with van der Waals surface area (Å²) < 4.78 is 0. The number of carboxylic acid groups (broad SMARTS) is 1. The molecule has 2 heterocycles. The molecule has 0 aromatic carbocycles. The summed E-state index contributed by atoms with van der Waals surface area (Å²) in [4.78, 5) is 26.7. The van der Waals surface area contributed by atoms with E-state index in [0.29, 0.717) is 12.1 Å². The summed E-state index contributed by atoms with van der Waals surface area (Å²) in [6, 6.07) is 0.841. The molecule has 0 aromatic rings. The molecule has 0 aliphatic carbocycles. The van der Waals surface area contributed by atoms with Crippen LogP contribution < -0.4 is 5.32 Å². The predicted octanol–water partition coefficient (Wildman–Crippen LogP) is -0.300. The Morgan fingerprint density at radius 3 is 2.70 bits per heavy atom. The zero-order valence-corrected chi connectivity index (χ0v) is 11.8. The molecule has 2 aliphatic rings. The number of rotatable bonds is 4. The maximum atomic E-state index is 12.1. The van der Waals surface area contributed by atoms with Crippen LogP contribution >= 0.6 is 0 Å². The number of nitrogens with zero attached hydrogens (tertiary/aromatic N) is 2. The number of carboxylic acids is 1. The van der Waals surface area contributed by atoms with E-state index in [9.17, 15) is 9.59 Å². The average molecular weight is 285 g/mol. The Labute approximate surface area is 118 Å². The summed E-state index contributed by atoms with van der Waals surface area (Å²) in [5.74, 6) is -1.26. The number of amides is 2. The molecule has 0 saturated carbocycles. The lowest BCUT2D eigenvalue weighted by Gasteiger charge is -2.26. The molecule has 2 saturated heterocycles. The van der Waals surface area contributed by atoms with E-state index in [1.807, 2.05) is 0 Å². The molecule has 2 unspecified atom stereocenters. The molecule has 2 rings (SSSR count). The summed E-state index contributed by atoms with van der Waals surface area (Å²) in [7, 11) is 2.12. The van der Waals surface area contributed by atoms with Gasteiger partial charge in [0.05, 0.1) is 0 Å². The van der Waals surface area contributed by atoms with Gasteiger partial charge in [-0.2, -0.15) is 0 Å². The lowest BCUT2D eigenvalue weighted by Crippen LogP contribution is -2.45. The van der Waals surface area contributed by atoms with Crippen molar-refractivity contribution in [2.45, 2.75) is 43.9 Å². The van der Waals surface area contributed by atoms with Gasteiger partial charge in [-0.1, -0.05) is 0 Å². The maximum absolute atomic E-state index is 12.1. The number of likely N-dealkylation sites (tertiary alicyclic amines) is 1. The number of aliphatic hydroxyl groups is 1. The molecule has 3 N–H and O–H groups in total. The van der Waals surface area contributed by atoms with Gasteiger partial charge in [-0.05, 0) is 26.3 Å². The Hall–Kier alpha value is -1.34. The molecule has 0 aromatic heterocycles. The number of fused-ring (bicyclic) bond motifs is 2. The second kappa shape index (κ2) is 6.41. The maximum Gasteiger partial charge on any atom is 0.332 e. The summed E-state index contributed by atoms with van der Waals surface area (Å²) in [6.07, 6.45) is 1.94. The van der Waals surface area contributed by atoms with Gasteiger partial charge in [-0.15, -0.1) is 0 Å². The van der Waals surface area contributed by atoms with Crippen molar-refractivity contribution in [2.24, 2.45) is 0 Å². The predicted molar refractivity (Wildman–Crippen MR) is 72.4 cm³/mol. The summed E-state index contributed by atoms with van der Waals surface area (Å²) in [5.41, 5.74) is 0. The molecule has 7 heteroatoms. The minimum Gasteiger partial charge on any atom is -0.479 e. The van der Waals surface area contributed by atoms with Crippen LogP contribution in [0.3, 0.4) is 0 Å². The first-order valence-electron chi connectivity index (χ1n) is 7.14. The number of carbonyl (C=O) groups excluding carboxylic acids is 1. The quantitative estimate of drug-likeness (QED) is 0.659. The van der Waals surface area contributed by atoms with E-state index in [1.165, 1.54) is 6.42 Å². The van der Waals surface area contributed by atoms with Gasteiger partial charge in [0.1, 0.15) is 0 Å². The minimum absolute atomic E-state index is 0.0286. The van der Waals surface area contributed by atoms with E-state index in [4.69, 9.17) is 10.2 Å². The molecule has 2 amide bonds. The molecule has 3 atom stereocenters. The van der Waals surface area contributed by atoms with Crippen LogP contribution in [0.2, 0.25) is 0 Å². The highest BCUT2D eigenvalue weighted by atomic mass is 16.4. The third-order valence-corrected chi connectivity index (χ3v) is 4.41. The van der Waals surface area contributed by atoms with Crippen LogP contribution in [0, 0.1) is 0 Å². The molecule has 0 radical (unpaired) electrons. The fourth-order valence-corrected chi connectivity index (χ4v) is 3.04. The largest absolute Gasteiger partial charge is 0.479 e. The van der Waals surface area contributed by atoms with E-state index in [0.717, 1.165) is 25.9 Å². The Balaban J connectivity index is 1.77. The first-order valence-corrected chi connectivity index (χ1v) is 7.14. The van der Waals surface area contributed by atoms with Crippen LogP contribution in [0.5, 0.6) is 0 Å². The van der Waals surface area contributed by atoms with Crippen LogP contribution in [0.15, 0.2) is 0 Å². The van der Waals surface area contributed by atoms with E-state index >= 15 is 0 Å². The van der Waals surface area contributed by atoms with Crippen molar-refractivity contribution in [2.75, 3.05) is 26.7 Å². The second-order valence-electron chi connectivity index (χ2n) is 5.66. The smallest absolute Gasteiger partial charge is 0.332 e. The van der Waals surface area contributed by atoms with Crippen molar-refractivity contribution in [3.63, 3.8) is 0 Å². The summed E-state index contributed by atoms with van der Waals surface area (Å²) in [6.45, 7) is 1.63. The van der Waals surface area contributed by atoms with Gasteiger partial charge in [0.15, 0.2) is 6.10 Å². The fraction of sp³-hybridized carbons (Fsp3) is 0.846. The normalized spacial score (nSPS) is 28.0. The van der Waals surface area contributed by atoms with Gasteiger partial charge in [0.2, 0.25) is 0 Å². The van der Waals surface area contributed by atoms with Gasteiger partial charge in [-0.3, -0.25) is 4.90 Å². The number of hydrogen-bond donors (Lipinski definition) is 3. The second-order valence-corrected chi connectivity index (χ2v) is 5.66. The molecular weight excluding hydrogens is 262 g/mol. The Morgan fingerprint density at radius 1 is 1.30 bits per heavy atom.